The van der Waals surface area contributed by atoms with Gasteiger partial charge < -0.3 is 10.2 Å². The highest BCUT2D eigenvalue weighted by Crippen LogP contribution is 2.32. The molecule has 3 aromatic rings. The van der Waals surface area contributed by atoms with Gasteiger partial charge >= 0.3 is 0 Å². The monoisotopic (exact) mass is 494 g/mol. The van der Waals surface area contributed by atoms with E-state index in [4.69, 9.17) is 11.6 Å². The zero-order chi connectivity index (χ0) is 18.1. The van der Waals surface area contributed by atoms with Crippen molar-refractivity contribution in [2.45, 2.75) is 13.0 Å². The van der Waals surface area contributed by atoms with Gasteiger partial charge in [-0.1, -0.05) is 23.7 Å². The summed E-state index contributed by atoms with van der Waals surface area (Å²) in [5, 5.41) is 5.86. The molecule has 0 unspecified atom stereocenters. The van der Waals surface area contributed by atoms with Crippen molar-refractivity contribution in [2.75, 3.05) is 16.8 Å². The molecule has 0 fully saturated rings. The van der Waals surface area contributed by atoms with Crippen LogP contribution < -0.4 is 10.2 Å². The van der Waals surface area contributed by atoms with Crippen LogP contribution in [0.4, 0.5) is 11.4 Å². The van der Waals surface area contributed by atoms with E-state index in [0.717, 1.165) is 34.5 Å². The van der Waals surface area contributed by atoms with E-state index in [1.807, 2.05) is 29.5 Å². The van der Waals surface area contributed by atoms with Crippen LogP contribution in [-0.4, -0.2) is 12.5 Å². The fraction of sp³-hybridized carbons (Fsp3) is 0.150. The van der Waals surface area contributed by atoms with Crippen molar-refractivity contribution >= 4 is 62.8 Å². The lowest BCUT2D eigenvalue weighted by molar-refractivity contribution is 0.102. The van der Waals surface area contributed by atoms with Crippen LogP contribution in [0.25, 0.3) is 0 Å². The van der Waals surface area contributed by atoms with Gasteiger partial charge in [-0.25, -0.2) is 0 Å². The minimum absolute atomic E-state index is 0.119. The van der Waals surface area contributed by atoms with E-state index in [1.165, 1.54) is 10.4 Å². The first kappa shape index (κ1) is 17.8. The van der Waals surface area contributed by atoms with Crippen LogP contribution in [0.2, 0.25) is 5.02 Å². The molecule has 1 aromatic heterocycles. The van der Waals surface area contributed by atoms with Crippen molar-refractivity contribution in [1.82, 2.24) is 0 Å². The van der Waals surface area contributed by atoms with E-state index in [9.17, 15) is 4.79 Å². The highest BCUT2D eigenvalue weighted by atomic mass is 127. The number of thiophene rings is 1. The van der Waals surface area contributed by atoms with Gasteiger partial charge in [-0.2, -0.15) is 0 Å². The Balaban J connectivity index is 1.59. The van der Waals surface area contributed by atoms with Crippen molar-refractivity contribution < 1.29 is 4.79 Å². The van der Waals surface area contributed by atoms with Gasteiger partial charge in [0.1, 0.15) is 0 Å². The maximum atomic E-state index is 12.8. The van der Waals surface area contributed by atoms with Gasteiger partial charge in [0.15, 0.2) is 0 Å². The lowest BCUT2D eigenvalue weighted by Gasteiger charge is -2.30. The fourth-order valence-corrected chi connectivity index (χ4v) is 5.18. The summed E-state index contributed by atoms with van der Waals surface area (Å²) >= 11 is 9.97. The van der Waals surface area contributed by atoms with Gasteiger partial charge in [0.05, 0.1) is 16.9 Å². The molecule has 3 nitrogen and oxygen atoms in total. The first-order valence-corrected chi connectivity index (χ1v) is 10.6. The number of carbonyl (C=O) groups excluding carboxylic acids is 1. The van der Waals surface area contributed by atoms with Crippen molar-refractivity contribution in [3.63, 3.8) is 0 Å². The summed E-state index contributed by atoms with van der Waals surface area (Å²) in [5.74, 6) is -0.119. The summed E-state index contributed by atoms with van der Waals surface area (Å²) in [5.41, 5.74) is 3.90. The third kappa shape index (κ3) is 3.61. The molecule has 6 heteroatoms. The first-order valence-electron chi connectivity index (χ1n) is 8.27. The number of nitrogens with zero attached hydrogens (tertiary/aromatic N) is 1. The highest BCUT2D eigenvalue weighted by molar-refractivity contribution is 14.1. The number of para-hydroxylation sites is 2. The molecule has 1 aliphatic rings. The number of fused-ring (bicyclic) bond motifs is 1. The number of benzene rings is 2. The maximum absolute atomic E-state index is 12.8. The molecule has 0 radical (unpaired) electrons. The Morgan fingerprint density at radius 3 is 2.88 bits per heavy atom. The number of nitrogens with one attached hydrogen (secondary N) is 1. The Morgan fingerprint density at radius 2 is 2.04 bits per heavy atom. The standard InChI is InChI=1S/C20H16ClIN2OS/c21-14-5-6-15(16(22)11-14)20(25)23-17-3-1-2-4-18(17)24-9-7-19-13(12-24)8-10-26-19/h1-6,8,10-11H,7,9,12H2,(H,23,25). The summed E-state index contributed by atoms with van der Waals surface area (Å²) in [4.78, 5) is 16.6. The molecule has 0 atom stereocenters. The predicted octanol–water partition coefficient (Wildman–Crippen LogP) is 5.82. The van der Waals surface area contributed by atoms with Crippen molar-refractivity contribution in [3.8, 4) is 0 Å². The summed E-state index contributed by atoms with van der Waals surface area (Å²) in [6.07, 6.45) is 1.05. The quantitative estimate of drug-likeness (QED) is 0.465. The van der Waals surface area contributed by atoms with Gasteiger partial charge in [-0.15, -0.1) is 11.3 Å². The van der Waals surface area contributed by atoms with E-state index in [-0.39, 0.29) is 5.91 Å². The lowest BCUT2D eigenvalue weighted by atomic mass is 10.1. The van der Waals surface area contributed by atoms with Crippen molar-refractivity contribution in [3.05, 3.63) is 78.5 Å². The number of hydrogen-bond donors (Lipinski definition) is 1. The van der Waals surface area contributed by atoms with Gasteiger partial charge in [0, 0.05) is 26.6 Å². The Hall–Kier alpha value is -1.57. The van der Waals surface area contributed by atoms with Crippen LogP contribution in [0.3, 0.4) is 0 Å². The van der Waals surface area contributed by atoms with E-state index >= 15 is 0 Å². The summed E-state index contributed by atoms with van der Waals surface area (Å²) in [7, 11) is 0. The van der Waals surface area contributed by atoms with E-state index in [1.54, 1.807) is 18.2 Å². The summed E-state index contributed by atoms with van der Waals surface area (Å²) in [6, 6.07) is 15.5. The average Bonchev–Trinajstić information content (AvgIpc) is 3.09. The number of carbonyl (C=O) groups is 1. The SMILES string of the molecule is O=C(Nc1ccccc1N1CCc2sccc2C1)c1ccc(Cl)cc1I. The average molecular weight is 495 g/mol. The molecular formula is C20H16ClIN2OS. The Bertz CT molecular complexity index is 972. The molecule has 0 bridgehead atoms. The van der Waals surface area contributed by atoms with Crippen LogP contribution >= 0.6 is 45.5 Å². The van der Waals surface area contributed by atoms with Gasteiger partial charge in [-0.3, -0.25) is 4.79 Å². The number of rotatable bonds is 3. The Kier molecular flexibility index (Phi) is 5.20. The molecule has 0 spiro atoms. The third-order valence-electron chi connectivity index (χ3n) is 4.48. The molecule has 1 aliphatic heterocycles. The molecule has 2 heterocycles. The van der Waals surface area contributed by atoms with Crippen LogP contribution in [0.1, 0.15) is 20.8 Å². The maximum Gasteiger partial charge on any atom is 0.256 e. The molecule has 0 saturated carbocycles. The molecular weight excluding hydrogens is 479 g/mol. The molecule has 1 N–H and O–H groups in total. The second-order valence-electron chi connectivity index (χ2n) is 6.14. The van der Waals surface area contributed by atoms with E-state index in [0.29, 0.717) is 10.6 Å². The number of halogens is 2. The van der Waals surface area contributed by atoms with Gasteiger partial charge in [-0.05, 0) is 76.4 Å². The molecule has 2 aromatic carbocycles. The number of amides is 1. The van der Waals surface area contributed by atoms with Gasteiger partial charge in [0.2, 0.25) is 0 Å². The third-order valence-corrected chi connectivity index (χ3v) is 6.63. The van der Waals surface area contributed by atoms with Gasteiger partial charge in [0.25, 0.3) is 5.91 Å². The predicted molar refractivity (Wildman–Crippen MR) is 118 cm³/mol. The van der Waals surface area contributed by atoms with Crippen LogP contribution in [0, 0.1) is 3.57 Å². The second kappa shape index (κ2) is 7.58. The molecule has 26 heavy (non-hydrogen) atoms. The van der Waals surface area contributed by atoms with E-state index < -0.39 is 0 Å². The molecule has 132 valence electrons. The second-order valence-corrected chi connectivity index (χ2v) is 8.74. The zero-order valence-corrected chi connectivity index (χ0v) is 17.6. The molecule has 1 amide bonds. The van der Waals surface area contributed by atoms with Crippen LogP contribution in [0.5, 0.6) is 0 Å². The molecule has 0 saturated heterocycles. The molecule has 4 rings (SSSR count). The minimum Gasteiger partial charge on any atom is -0.365 e. The highest BCUT2D eigenvalue weighted by Gasteiger charge is 2.20. The van der Waals surface area contributed by atoms with E-state index in [2.05, 4.69) is 50.3 Å². The zero-order valence-electron chi connectivity index (χ0n) is 13.8. The number of anilines is 2. The smallest absolute Gasteiger partial charge is 0.256 e. The topological polar surface area (TPSA) is 32.3 Å². The summed E-state index contributed by atoms with van der Waals surface area (Å²) < 4.78 is 0.839. The van der Waals surface area contributed by atoms with Crippen LogP contribution in [0.15, 0.2) is 53.9 Å². The molecule has 0 aliphatic carbocycles. The van der Waals surface area contributed by atoms with Crippen molar-refractivity contribution in [2.24, 2.45) is 0 Å². The van der Waals surface area contributed by atoms with Crippen molar-refractivity contribution in [1.29, 1.82) is 0 Å². The lowest BCUT2D eigenvalue weighted by Crippen LogP contribution is -2.30. The Morgan fingerprint density at radius 1 is 1.19 bits per heavy atom. The first-order chi connectivity index (χ1) is 12.6. The van der Waals surface area contributed by atoms with Crippen LogP contribution in [-0.2, 0) is 13.0 Å². The fourth-order valence-electron chi connectivity index (χ4n) is 3.17. The number of hydrogen-bond acceptors (Lipinski definition) is 3. The largest absolute Gasteiger partial charge is 0.365 e. The normalized spacial score (nSPS) is 13.4. The minimum atomic E-state index is -0.119. The Labute approximate surface area is 175 Å². The summed E-state index contributed by atoms with van der Waals surface area (Å²) in [6.45, 7) is 1.84.